The number of benzene rings is 2. The van der Waals surface area contributed by atoms with Gasteiger partial charge in [0, 0.05) is 22.6 Å². The summed E-state index contributed by atoms with van der Waals surface area (Å²) in [5.74, 6) is 0.496. The molecule has 5 nitrogen and oxygen atoms in total. The van der Waals surface area contributed by atoms with Crippen molar-refractivity contribution in [1.29, 1.82) is 0 Å². The average molecular weight is 477 g/mol. The second-order valence-corrected chi connectivity index (χ2v) is 9.04. The van der Waals surface area contributed by atoms with Crippen molar-refractivity contribution in [1.82, 2.24) is 10.2 Å². The van der Waals surface area contributed by atoms with Crippen LogP contribution in [0.5, 0.6) is 5.75 Å². The van der Waals surface area contributed by atoms with E-state index >= 15 is 0 Å². The highest BCUT2D eigenvalue weighted by molar-refractivity contribution is 6.35. The number of carbonyl (C=O) groups is 2. The molecule has 1 saturated carbocycles. The number of hydrogen-bond donors (Lipinski definition) is 1. The van der Waals surface area contributed by atoms with Crippen molar-refractivity contribution in [3.63, 3.8) is 0 Å². The summed E-state index contributed by atoms with van der Waals surface area (Å²) >= 11 is 12.4. The van der Waals surface area contributed by atoms with Gasteiger partial charge in [-0.2, -0.15) is 0 Å². The lowest BCUT2D eigenvalue weighted by atomic mass is 10.1. The van der Waals surface area contributed by atoms with Crippen molar-refractivity contribution in [3.8, 4) is 5.75 Å². The fourth-order valence-corrected chi connectivity index (χ4v) is 4.61. The maximum absolute atomic E-state index is 13.4. The second-order valence-electron chi connectivity index (χ2n) is 8.20. The Hall–Kier alpha value is -2.24. The van der Waals surface area contributed by atoms with Gasteiger partial charge in [0.1, 0.15) is 11.8 Å². The maximum Gasteiger partial charge on any atom is 0.243 e. The summed E-state index contributed by atoms with van der Waals surface area (Å²) in [7, 11) is 1.60. The summed E-state index contributed by atoms with van der Waals surface area (Å²) in [6.07, 6.45) is 4.93. The molecule has 0 unspecified atom stereocenters. The smallest absolute Gasteiger partial charge is 0.243 e. The minimum Gasteiger partial charge on any atom is -0.497 e. The molecule has 0 saturated heterocycles. The largest absolute Gasteiger partial charge is 0.497 e. The maximum atomic E-state index is 13.4. The first-order chi connectivity index (χ1) is 15.4. The monoisotopic (exact) mass is 476 g/mol. The van der Waals surface area contributed by atoms with E-state index < -0.39 is 6.04 Å². The zero-order valence-electron chi connectivity index (χ0n) is 18.6. The molecule has 32 heavy (non-hydrogen) atoms. The van der Waals surface area contributed by atoms with Crippen LogP contribution in [0.2, 0.25) is 10.0 Å². The number of rotatable bonds is 9. The third kappa shape index (κ3) is 6.39. The van der Waals surface area contributed by atoms with Crippen molar-refractivity contribution in [2.45, 2.75) is 64.1 Å². The first kappa shape index (κ1) is 24.4. The van der Waals surface area contributed by atoms with E-state index in [0.29, 0.717) is 16.5 Å². The Morgan fingerprint density at radius 3 is 2.41 bits per heavy atom. The van der Waals surface area contributed by atoms with Crippen molar-refractivity contribution in [2.24, 2.45) is 0 Å². The van der Waals surface area contributed by atoms with Gasteiger partial charge < -0.3 is 15.0 Å². The topological polar surface area (TPSA) is 58.6 Å². The quantitative estimate of drug-likeness (QED) is 0.526. The van der Waals surface area contributed by atoms with Gasteiger partial charge in [0.2, 0.25) is 11.8 Å². The molecular weight excluding hydrogens is 447 g/mol. The van der Waals surface area contributed by atoms with Crippen LogP contribution in [0.1, 0.15) is 50.2 Å². The number of ether oxygens (including phenoxy) is 1. The van der Waals surface area contributed by atoms with Crippen LogP contribution in [0.25, 0.3) is 0 Å². The molecule has 2 amide bonds. The molecule has 1 fully saturated rings. The molecule has 1 aliphatic carbocycles. The normalized spacial score (nSPS) is 14.8. The van der Waals surface area contributed by atoms with Crippen LogP contribution < -0.4 is 10.1 Å². The highest BCUT2D eigenvalue weighted by Gasteiger charge is 2.31. The van der Waals surface area contributed by atoms with Crippen LogP contribution in [0.4, 0.5) is 0 Å². The summed E-state index contributed by atoms with van der Waals surface area (Å²) in [6.45, 7) is 2.16. The molecule has 0 heterocycles. The van der Waals surface area contributed by atoms with Crippen molar-refractivity contribution < 1.29 is 14.3 Å². The van der Waals surface area contributed by atoms with Crippen LogP contribution >= 0.6 is 23.2 Å². The van der Waals surface area contributed by atoms with E-state index in [-0.39, 0.29) is 30.8 Å². The van der Waals surface area contributed by atoms with Gasteiger partial charge in [-0.05, 0) is 54.7 Å². The summed E-state index contributed by atoms with van der Waals surface area (Å²) in [5, 5.41) is 4.16. The second kappa shape index (κ2) is 11.6. The van der Waals surface area contributed by atoms with E-state index in [1.807, 2.05) is 31.2 Å². The lowest BCUT2D eigenvalue weighted by Crippen LogP contribution is -2.51. The Kier molecular flexibility index (Phi) is 8.83. The van der Waals surface area contributed by atoms with Crippen molar-refractivity contribution in [2.75, 3.05) is 7.11 Å². The minimum absolute atomic E-state index is 0.104. The van der Waals surface area contributed by atoms with E-state index in [9.17, 15) is 9.59 Å². The Labute approximate surface area is 200 Å². The van der Waals surface area contributed by atoms with Gasteiger partial charge in [0.15, 0.2) is 0 Å². The predicted octanol–water partition coefficient (Wildman–Crippen LogP) is 5.41. The molecule has 0 radical (unpaired) electrons. The molecular formula is C25H30Cl2N2O3. The highest BCUT2D eigenvalue weighted by Crippen LogP contribution is 2.25. The van der Waals surface area contributed by atoms with Gasteiger partial charge in [-0.25, -0.2) is 0 Å². The van der Waals surface area contributed by atoms with E-state index in [1.165, 1.54) is 0 Å². The Morgan fingerprint density at radius 1 is 1.12 bits per heavy atom. The molecule has 7 heteroatoms. The number of halogens is 2. The molecule has 1 aliphatic rings. The Bertz CT molecular complexity index is 927. The van der Waals surface area contributed by atoms with Crippen LogP contribution in [0, 0.1) is 0 Å². The SMILES string of the molecule is CC[C@@H](C(=O)NC1CCCC1)N(Cc1ccc(Cl)cc1Cl)C(=O)Cc1ccc(OC)cc1. The van der Waals surface area contributed by atoms with Gasteiger partial charge in [-0.3, -0.25) is 9.59 Å². The molecule has 0 aliphatic heterocycles. The van der Waals surface area contributed by atoms with E-state index in [2.05, 4.69) is 5.32 Å². The van der Waals surface area contributed by atoms with Gasteiger partial charge in [-0.15, -0.1) is 0 Å². The zero-order chi connectivity index (χ0) is 23.1. The average Bonchev–Trinajstić information content (AvgIpc) is 3.28. The molecule has 172 valence electrons. The molecule has 2 aromatic rings. The summed E-state index contributed by atoms with van der Waals surface area (Å²) < 4.78 is 5.20. The van der Waals surface area contributed by atoms with Crippen LogP contribution in [-0.4, -0.2) is 35.9 Å². The minimum atomic E-state index is -0.576. The fourth-order valence-electron chi connectivity index (χ4n) is 4.14. The van der Waals surface area contributed by atoms with Crippen molar-refractivity contribution >= 4 is 35.0 Å². The number of nitrogens with zero attached hydrogens (tertiary/aromatic N) is 1. The predicted molar refractivity (Wildman–Crippen MR) is 128 cm³/mol. The summed E-state index contributed by atoms with van der Waals surface area (Å²) in [4.78, 5) is 28.2. The molecule has 1 atom stereocenters. The van der Waals surface area contributed by atoms with E-state index in [1.54, 1.807) is 30.2 Å². The number of carbonyl (C=O) groups excluding carboxylic acids is 2. The lowest BCUT2D eigenvalue weighted by molar-refractivity contribution is -0.141. The molecule has 3 rings (SSSR count). The highest BCUT2D eigenvalue weighted by atomic mass is 35.5. The van der Waals surface area contributed by atoms with Crippen LogP contribution in [0.15, 0.2) is 42.5 Å². The van der Waals surface area contributed by atoms with Gasteiger partial charge in [0.05, 0.1) is 13.5 Å². The summed E-state index contributed by atoms with van der Waals surface area (Å²) in [5.41, 5.74) is 1.61. The molecule has 0 spiro atoms. The van der Waals surface area contributed by atoms with Crippen molar-refractivity contribution in [3.05, 3.63) is 63.6 Å². The molecule has 0 aromatic heterocycles. The van der Waals surface area contributed by atoms with Crippen LogP contribution in [0.3, 0.4) is 0 Å². The van der Waals surface area contributed by atoms with Gasteiger partial charge >= 0.3 is 0 Å². The van der Waals surface area contributed by atoms with Gasteiger partial charge in [-0.1, -0.05) is 61.2 Å². The van der Waals surface area contributed by atoms with Crippen LogP contribution in [-0.2, 0) is 22.6 Å². The first-order valence-electron chi connectivity index (χ1n) is 11.1. The van der Waals surface area contributed by atoms with E-state index in [0.717, 1.165) is 42.6 Å². The summed E-state index contributed by atoms with van der Waals surface area (Å²) in [6, 6.07) is 12.2. The molecule has 1 N–H and O–H groups in total. The Balaban J connectivity index is 1.83. The standard InChI is InChI=1S/C25H30Cl2N2O3/c1-3-23(25(31)28-20-6-4-5-7-20)29(16-18-10-11-19(26)15-22(18)27)24(30)14-17-8-12-21(32-2)13-9-17/h8-13,15,20,23H,3-7,14,16H2,1-2H3,(H,28,31)/t23-/m0/s1. The molecule has 2 aromatic carbocycles. The number of nitrogens with one attached hydrogen (secondary N) is 1. The zero-order valence-corrected chi connectivity index (χ0v) is 20.1. The third-order valence-corrected chi connectivity index (χ3v) is 6.54. The molecule has 0 bridgehead atoms. The Morgan fingerprint density at radius 2 is 1.81 bits per heavy atom. The number of methoxy groups -OCH3 is 1. The fraction of sp³-hybridized carbons (Fsp3) is 0.440. The lowest BCUT2D eigenvalue weighted by Gasteiger charge is -2.32. The first-order valence-corrected chi connectivity index (χ1v) is 11.8. The number of amides is 2. The van der Waals surface area contributed by atoms with E-state index in [4.69, 9.17) is 27.9 Å². The number of hydrogen-bond acceptors (Lipinski definition) is 3. The van der Waals surface area contributed by atoms with Gasteiger partial charge in [0.25, 0.3) is 0 Å². The third-order valence-electron chi connectivity index (χ3n) is 5.96.